The fourth-order valence-corrected chi connectivity index (χ4v) is 4.63. The Bertz CT molecular complexity index is 1090. The molecule has 3 aromatic rings. The molecule has 0 radical (unpaired) electrons. The number of carbonyl (C=O) groups is 1. The average molecular weight is 440 g/mol. The normalized spacial score (nSPS) is 16.0. The zero-order chi connectivity index (χ0) is 21.2. The van der Waals surface area contributed by atoms with Gasteiger partial charge in [0.2, 0.25) is 5.91 Å². The molecular formula is C24H26ClN3O3. The Hall–Kier alpha value is -2.86. The van der Waals surface area contributed by atoms with Crippen LogP contribution in [0, 0.1) is 0 Å². The molecular weight excluding hydrogens is 414 g/mol. The summed E-state index contributed by atoms with van der Waals surface area (Å²) in [6, 6.07) is 11.9. The predicted molar refractivity (Wildman–Crippen MR) is 122 cm³/mol. The van der Waals surface area contributed by atoms with Gasteiger partial charge in [0, 0.05) is 54.7 Å². The molecule has 1 saturated heterocycles. The Morgan fingerprint density at radius 3 is 2.77 bits per heavy atom. The first-order chi connectivity index (χ1) is 15.2. The molecule has 1 fully saturated rings. The minimum Gasteiger partial charge on any atom is -0.486 e. The van der Waals surface area contributed by atoms with E-state index in [9.17, 15) is 4.79 Å². The van der Waals surface area contributed by atoms with Crippen LogP contribution in [-0.2, 0) is 11.2 Å². The third-order valence-electron chi connectivity index (χ3n) is 6.08. The first-order valence-electron chi connectivity index (χ1n) is 10.9. The fraction of sp³-hybridized carbons (Fsp3) is 0.375. The van der Waals surface area contributed by atoms with Gasteiger partial charge in [0.1, 0.15) is 13.2 Å². The van der Waals surface area contributed by atoms with E-state index < -0.39 is 0 Å². The van der Waals surface area contributed by atoms with Crippen molar-refractivity contribution >= 4 is 34.1 Å². The van der Waals surface area contributed by atoms with E-state index in [1.807, 2.05) is 41.4 Å². The standard InChI is InChI=1S/C24H26ClN3O3/c25-18-7-8-19-17(16-26-20(19)15-18)3-1-6-23(29)28-11-9-27(10-12-28)21-4-2-5-22-24(21)31-14-13-30-22/h2,4-5,7-8,15-16,26H,1,3,6,9-14H2. The molecule has 0 spiro atoms. The van der Waals surface area contributed by atoms with Gasteiger partial charge in [-0.2, -0.15) is 0 Å². The third-order valence-corrected chi connectivity index (χ3v) is 6.32. The Kier molecular flexibility index (Phi) is 5.64. The second-order valence-electron chi connectivity index (χ2n) is 8.03. The number of aromatic nitrogens is 1. The maximum absolute atomic E-state index is 12.7. The van der Waals surface area contributed by atoms with Gasteiger partial charge in [0.05, 0.1) is 5.69 Å². The van der Waals surface area contributed by atoms with Gasteiger partial charge in [0.15, 0.2) is 11.5 Å². The van der Waals surface area contributed by atoms with E-state index >= 15 is 0 Å². The quantitative estimate of drug-likeness (QED) is 0.645. The van der Waals surface area contributed by atoms with Crippen molar-refractivity contribution in [1.29, 1.82) is 0 Å². The highest BCUT2D eigenvalue weighted by molar-refractivity contribution is 6.31. The number of nitrogens with one attached hydrogen (secondary N) is 1. The van der Waals surface area contributed by atoms with Crippen LogP contribution in [0.5, 0.6) is 11.5 Å². The second kappa shape index (κ2) is 8.71. The Morgan fingerprint density at radius 2 is 1.90 bits per heavy atom. The zero-order valence-corrected chi connectivity index (χ0v) is 18.2. The number of fused-ring (bicyclic) bond motifs is 2. The zero-order valence-electron chi connectivity index (χ0n) is 17.4. The van der Waals surface area contributed by atoms with E-state index in [0.717, 1.165) is 66.7 Å². The van der Waals surface area contributed by atoms with E-state index in [1.165, 1.54) is 10.9 Å². The first kappa shape index (κ1) is 20.1. The minimum absolute atomic E-state index is 0.234. The summed E-state index contributed by atoms with van der Waals surface area (Å²) in [6.45, 7) is 4.23. The van der Waals surface area contributed by atoms with Crippen molar-refractivity contribution in [3.8, 4) is 11.5 Å². The van der Waals surface area contributed by atoms with Crippen molar-refractivity contribution in [2.45, 2.75) is 19.3 Å². The number of rotatable bonds is 5. The molecule has 0 aliphatic carbocycles. The van der Waals surface area contributed by atoms with Crippen LogP contribution < -0.4 is 14.4 Å². The molecule has 0 atom stereocenters. The van der Waals surface area contributed by atoms with E-state index in [-0.39, 0.29) is 5.91 Å². The number of halogens is 1. The van der Waals surface area contributed by atoms with Crippen molar-refractivity contribution in [2.24, 2.45) is 0 Å². The molecule has 1 N–H and O–H groups in total. The lowest BCUT2D eigenvalue weighted by molar-refractivity contribution is -0.131. The molecule has 31 heavy (non-hydrogen) atoms. The summed E-state index contributed by atoms with van der Waals surface area (Å²) >= 11 is 6.06. The van der Waals surface area contributed by atoms with Gasteiger partial charge in [-0.25, -0.2) is 0 Å². The number of hydrogen-bond donors (Lipinski definition) is 1. The molecule has 1 amide bonds. The number of piperazine rings is 1. The molecule has 2 aliphatic heterocycles. The van der Waals surface area contributed by atoms with E-state index in [1.54, 1.807) is 0 Å². The molecule has 162 valence electrons. The van der Waals surface area contributed by atoms with E-state index in [2.05, 4.69) is 16.0 Å². The number of anilines is 1. The van der Waals surface area contributed by atoms with Crippen molar-refractivity contribution in [3.63, 3.8) is 0 Å². The molecule has 0 bridgehead atoms. The summed E-state index contributed by atoms with van der Waals surface area (Å²) in [5.41, 5.74) is 3.34. The van der Waals surface area contributed by atoms with Crippen molar-refractivity contribution in [1.82, 2.24) is 9.88 Å². The van der Waals surface area contributed by atoms with Gasteiger partial charge in [-0.15, -0.1) is 0 Å². The second-order valence-corrected chi connectivity index (χ2v) is 8.46. The molecule has 0 saturated carbocycles. The van der Waals surface area contributed by atoms with E-state index in [4.69, 9.17) is 21.1 Å². The van der Waals surface area contributed by atoms with Gasteiger partial charge in [-0.05, 0) is 42.7 Å². The number of benzene rings is 2. The summed E-state index contributed by atoms with van der Waals surface area (Å²) < 4.78 is 11.5. The molecule has 3 heterocycles. The number of amides is 1. The lowest BCUT2D eigenvalue weighted by Gasteiger charge is -2.37. The van der Waals surface area contributed by atoms with Gasteiger partial charge in [-0.1, -0.05) is 23.7 Å². The molecule has 2 aromatic carbocycles. The van der Waals surface area contributed by atoms with Gasteiger partial charge in [-0.3, -0.25) is 4.79 Å². The molecule has 1 aromatic heterocycles. The summed E-state index contributed by atoms with van der Waals surface area (Å²) in [6.07, 6.45) is 4.31. The fourth-order valence-electron chi connectivity index (χ4n) is 4.46. The molecule has 0 unspecified atom stereocenters. The van der Waals surface area contributed by atoms with Crippen LogP contribution >= 0.6 is 11.6 Å². The van der Waals surface area contributed by atoms with Gasteiger partial charge >= 0.3 is 0 Å². The summed E-state index contributed by atoms with van der Waals surface area (Å²) in [7, 11) is 0. The van der Waals surface area contributed by atoms with Crippen LogP contribution in [0.2, 0.25) is 5.02 Å². The molecule has 5 rings (SSSR count). The Labute approximate surface area is 186 Å². The summed E-state index contributed by atoms with van der Waals surface area (Å²) in [5.74, 6) is 1.87. The largest absolute Gasteiger partial charge is 0.486 e. The van der Waals surface area contributed by atoms with Crippen LogP contribution in [0.3, 0.4) is 0 Å². The SMILES string of the molecule is O=C(CCCc1c[nH]c2cc(Cl)ccc12)N1CCN(c2cccc3c2OCCO3)CC1. The van der Waals surface area contributed by atoms with Gasteiger partial charge in [0.25, 0.3) is 0 Å². The number of H-pyrrole nitrogens is 1. The van der Waals surface area contributed by atoms with Crippen molar-refractivity contribution in [3.05, 3.63) is 53.2 Å². The number of hydrogen-bond acceptors (Lipinski definition) is 4. The van der Waals surface area contributed by atoms with Crippen LogP contribution in [0.1, 0.15) is 18.4 Å². The molecule has 7 heteroatoms. The summed E-state index contributed by atoms with van der Waals surface area (Å²) in [4.78, 5) is 20.3. The topological polar surface area (TPSA) is 57.8 Å². The third kappa shape index (κ3) is 4.17. The average Bonchev–Trinajstić information content (AvgIpc) is 3.20. The Morgan fingerprint density at radius 1 is 1.06 bits per heavy atom. The number of carbonyl (C=O) groups excluding carboxylic acids is 1. The van der Waals surface area contributed by atoms with Crippen LogP contribution in [0.25, 0.3) is 10.9 Å². The monoisotopic (exact) mass is 439 g/mol. The highest BCUT2D eigenvalue weighted by atomic mass is 35.5. The van der Waals surface area contributed by atoms with Crippen LogP contribution in [0.4, 0.5) is 5.69 Å². The maximum Gasteiger partial charge on any atom is 0.222 e. The van der Waals surface area contributed by atoms with Crippen LogP contribution in [0.15, 0.2) is 42.6 Å². The first-order valence-corrected chi connectivity index (χ1v) is 11.2. The number of para-hydroxylation sites is 1. The lowest BCUT2D eigenvalue weighted by atomic mass is 10.1. The molecule has 6 nitrogen and oxygen atoms in total. The lowest BCUT2D eigenvalue weighted by Crippen LogP contribution is -2.49. The predicted octanol–water partition coefficient (Wildman–Crippen LogP) is 4.26. The highest BCUT2D eigenvalue weighted by Crippen LogP contribution is 2.39. The van der Waals surface area contributed by atoms with Crippen LogP contribution in [-0.4, -0.2) is 55.2 Å². The van der Waals surface area contributed by atoms with Gasteiger partial charge < -0.3 is 24.3 Å². The van der Waals surface area contributed by atoms with E-state index in [0.29, 0.717) is 19.6 Å². The summed E-state index contributed by atoms with van der Waals surface area (Å²) in [5, 5.41) is 1.91. The van der Waals surface area contributed by atoms with Crippen molar-refractivity contribution in [2.75, 3.05) is 44.3 Å². The number of ether oxygens (including phenoxy) is 2. The Balaban J connectivity index is 1.14. The molecule has 2 aliphatic rings. The highest BCUT2D eigenvalue weighted by Gasteiger charge is 2.25. The smallest absolute Gasteiger partial charge is 0.222 e. The number of aryl methyl sites for hydroxylation is 1. The van der Waals surface area contributed by atoms with Crippen molar-refractivity contribution < 1.29 is 14.3 Å². The minimum atomic E-state index is 0.234. The maximum atomic E-state index is 12.7. The number of nitrogens with zero attached hydrogens (tertiary/aromatic N) is 2. The number of aromatic amines is 1.